The van der Waals surface area contributed by atoms with E-state index in [0.717, 1.165) is 12.3 Å². The minimum absolute atomic E-state index is 0.747. The maximum absolute atomic E-state index is 12.0. The van der Waals surface area contributed by atoms with Crippen LogP contribution < -0.4 is 0 Å². The van der Waals surface area contributed by atoms with Gasteiger partial charge in [0, 0.05) is 12.4 Å². The average Bonchev–Trinajstić information content (AvgIpc) is 1.95. The van der Waals surface area contributed by atoms with Gasteiger partial charge in [-0.2, -0.15) is 13.2 Å². The molecule has 0 unspecified atom stereocenters. The van der Waals surface area contributed by atoms with Crippen molar-refractivity contribution in [2.75, 3.05) is 0 Å². The Morgan fingerprint density at radius 3 is 2.17 bits per heavy atom. The Labute approximate surface area is 69.3 Å². The van der Waals surface area contributed by atoms with Crippen LogP contribution >= 0.6 is 0 Å². The van der Waals surface area contributed by atoms with Gasteiger partial charge in [0.2, 0.25) is 0 Å². The van der Waals surface area contributed by atoms with Gasteiger partial charge >= 0.3 is 6.18 Å². The molecule has 0 aliphatic carbocycles. The zero-order valence-corrected chi connectivity index (χ0v) is 6.89. The van der Waals surface area contributed by atoms with Crippen LogP contribution in [0.15, 0.2) is 28.9 Å². The van der Waals surface area contributed by atoms with Gasteiger partial charge in [0.1, 0.15) is 0 Å². The molecule has 12 heavy (non-hydrogen) atoms. The summed E-state index contributed by atoms with van der Waals surface area (Å²) in [6, 6.07) is 0. The van der Waals surface area contributed by atoms with Crippen LogP contribution in [0.25, 0.3) is 0 Å². The Morgan fingerprint density at radius 2 is 1.83 bits per heavy atom. The van der Waals surface area contributed by atoms with Crippen LogP contribution in [0.1, 0.15) is 13.8 Å². The molecule has 0 aliphatic heterocycles. The molecule has 0 atom stereocenters. The van der Waals surface area contributed by atoms with Gasteiger partial charge in [-0.1, -0.05) is 12.2 Å². The first-order chi connectivity index (χ1) is 5.52. The number of alkyl halides is 3. The fraction of sp³-hybridized carbons (Fsp3) is 0.375. The van der Waals surface area contributed by atoms with Crippen molar-refractivity contribution in [2.45, 2.75) is 20.0 Å². The lowest BCUT2D eigenvalue weighted by molar-refractivity contribution is -0.0883. The molecule has 0 N–H and O–H groups in total. The molecule has 0 fully saturated rings. The van der Waals surface area contributed by atoms with Crippen LogP contribution in [-0.4, -0.2) is 12.4 Å². The maximum atomic E-state index is 12.0. The van der Waals surface area contributed by atoms with E-state index < -0.39 is 11.7 Å². The van der Waals surface area contributed by atoms with E-state index in [0.29, 0.717) is 0 Å². The molecule has 0 radical (unpaired) electrons. The molecule has 0 spiro atoms. The molecule has 0 heterocycles. The van der Waals surface area contributed by atoms with Gasteiger partial charge in [-0.25, -0.2) is 0 Å². The van der Waals surface area contributed by atoms with E-state index in [9.17, 15) is 13.2 Å². The van der Waals surface area contributed by atoms with E-state index in [1.807, 2.05) is 0 Å². The van der Waals surface area contributed by atoms with E-state index in [2.05, 4.69) is 4.99 Å². The lowest BCUT2D eigenvalue weighted by Gasteiger charge is -2.04. The standard InChI is InChI=1S/C8H10F3N/c1-3-5-7(6-12-4-2)8(9,10)11/h3-6H,1-2H3/b5-3-,7-6+,12-4?. The van der Waals surface area contributed by atoms with E-state index in [-0.39, 0.29) is 0 Å². The first-order valence-electron chi connectivity index (χ1n) is 3.40. The molecule has 0 saturated heterocycles. The molecule has 0 saturated carbocycles. The summed E-state index contributed by atoms with van der Waals surface area (Å²) in [5, 5.41) is 0. The second-order valence-electron chi connectivity index (χ2n) is 1.99. The molecule has 0 amide bonds. The predicted molar refractivity (Wildman–Crippen MR) is 43.1 cm³/mol. The molecule has 0 aromatic carbocycles. The summed E-state index contributed by atoms with van der Waals surface area (Å²) >= 11 is 0. The van der Waals surface area contributed by atoms with Crippen LogP contribution in [0.5, 0.6) is 0 Å². The van der Waals surface area contributed by atoms with Crippen LogP contribution in [0.3, 0.4) is 0 Å². The Balaban J connectivity index is 4.67. The number of rotatable bonds is 2. The second-order valence-corrected chi connectivity index (χ2v) is 1.99. The second kappa shape index (κ2) is 4.74. The van der Waals surface area contributed by atoms with E-state index in [1.165, 1.54) is 19.2 Å². The van der Waals surface area contributed by atoms with Crippen molar-refractivity contribution in [1.82, 2.24) is 0 Å². The summed E-state index contributed by atoms with van der Waals surface area (Å²) in [6.07, 6.45) is 0.0752. The molecule has 0 aromatic rings. The Bertz CT molecular complexity index is 211. The zero-order valence-electron chi connectivity index (χ0n) is 6.89. The van der Waals surface area contributed by atoms with E-state index in [4.69, 9.17) is 0 Å². The van der Waals surface area contributed by atoms with Gasteiger partial charge in [-0.05, 0) is 13.8 Å². The fourth-order valence-corrected chi connectivity index (χ4v) is 0.545. The summed E-state index contributed by atoms with van der Waals surface area (Å²) in [4.78, 5) is 3.40. The Hall–Kier alpha value is -1.06. The summed E-state index contributed by atoms with van der Waals surface area (Å²) in [5.41, 5.74) is -0.747. The molecule has 4 heteroatoms. The zero-order chi connectivity index (χ0) is 9.61. The van der Waals surface area contributed by atoms with Gasteiger partial charge in [0.05, 0.1) is 5.57 Å². The molecular weight excluding hydrogens is 167 g/mol. The minimum Gasteiger partial charge on any atom is -0.269 e. The monoisotopic (exact) mass is 177 g/mol. The van der Waals surface area contributed by atoms with Crippen LogP contribution in [-0.2, 0) is 0 Å². The third-order valence-corrected chi connectivity index (χ3v) is 1.04. The third kappa shape index (κ3) is 3.95. The van der Waals surface area contributed by atoms with Gasteiger partial charge in [-0.15, -0.1) is 0 Å². The highest BCUT2D eigenvalue weighted by Crippen LogP contribution is 2.26. The first kappa shape index (κ1) is 10.9. The van der Waals surface area contributed by atoms with Crippen LogP contribution in [0, 0.1) is 0 Å². The molecule has 1 nitrogen and oxygen atoms in total. The maximum Gasteiger partial charge on any atom is 0.417 e. The SMILES string of the molecule is CC=N/C=C(\C=C/C)C(F)(F)F. The van der Waals surface area contributed by atoms with Crippen LogP contribution in [0.4, 0.5) is 13.2 Å². The van der Waals surface area contributed by atoms with Crippen molar-refractivity contribution in [3.8, 4) is 0 Å². The van der Waals surface area contributed by atoms with E-state index >= 15 is 0 Å². The van der Waals surface area contributed by atoms with Crippen molar-refractivity contribution in [3.05, 3.63) is 23.9 Å². The predicted octanol–water partition coefficient (Wildman–Crippen LogP) is 3.10. The average molecular weight is 177 g/mol. The molecule has 0 aromatic heterocycles. The summed E-state index contributed by atoms with van der Waals surface area (Å²) in [6.45, 7) is 3.08. The molecule has 0 rings (SSSR count). The topological polar surface area (TPSA) is 12.4 Å². The normalized spacial score (nSPS) is 14.9. The first-order valence-corrected chi connectivity index (χ1v) is 3.40. The summed E-state index contributed by atoms with van der Waals surface area (Å²) < 4.78 is 36.1. The van der Waals surface area contributed by atoms with Crippen molar-refractivity contribution < 1.29 is 13.2 Å². The third-order valence-electron chi connectivity index (χ3n) is 1.04. The summed E-state index contributed by atoms with van der Waals surface area (Å²) in [5.74, 6) is 0. The number of hydrogen-bond acceptors (Lipinski definition) is 1. The van der Waals surface area contributed by atoms with E-state index in [1.54, 1.807) is 6.92 Å². The number of hydrogen-bond donors (Lipinski definition) is 0. The lowest BCUT2D eigenvalue weighted by Crippen LogP contribution is -2.09. The summed E-state index contributed by atoms with van der Waals surface area (Å²) in [7, 11) is 0. The number of allylic oxidation sites excluding steroid dienone is 3. The highest BCUT2D eigenvalue weighted by atomic mass is 19.4. The molecule has 0 bridgehead atoms. The highest BCUT2D eigenvalue weighted by Gasteiger charge is 2.31. The quantitative estimate of drug-likeness (QED) is 0.454. The van der Waals surface area contributed by atoms with Gasteiger partial charge in [0.15, 0.2) is 0 Å². The largest absolute Gasteiger partial charge is 0.417 e. The number of halogens is 3. The molecule has 0 aliphatic rings. The van der Waals surface area contributed by atoms with Crippen molar-refractivity contribution in [3.63, 3.8) is 0 Å². The molecule has 68 valence electrons. The van der Waals surface area contributed by atoms with Crippen molar-refractivity contribution in [1.29, 1.82) is 0 Å². The van der Waals surface area contributed by atoms with Gasteiger partial charge in [0.25, 0.3) is 0 Å². The smallest absolute Gasteiger partial charge is 0.269 e. The fourth-order valence-electron chi connectivity index (χ4n) is 0.545. The minimum atomic E-state index is -4.32. The number of aliphatic imine (C=N–C) groups is 1. The van der Waals surface area contributed by atoms with Crippen molar-refractivity contribution >= 4 is 6.21 Å². The Kier molecular flexibility index (Phi) is 4.33. The van der Waals surface area contributed by atoms with Gasteiger partial charge < -0.3 is 0 Å². The Morgan fingerprint density at radius 1 is 1.25 bits per heavy atom. The lowest BCUT2D eigenvalue weighted by atomic mass is 10.2. The van der Waals surface area contributed by atoms with Crippen LogP contribution in [0.2, 0.25) is 0 Å². The van der Waals surface area contributed by atoms with Crippen molar-refractivity contribution in [2.24, 2.45) is 4.99 Å². The van der Waals surface area contributed by atoms with Gasteiger partial charge in [-0.3, -0.25) is 4.99 Å². The molecular formula is C8H10F3N. The number of nitrogens with zero attached hydrogens (tertiary/aromatic N) is 1. The highest BCUT2D eigenvalue weighted by molar-refractivity contribution is 5.54.